The lowest BCUT2D eigenvalue weighted by molar-refractivity contribution is 0.251. The lowest BCUT2D eigenvalue weighted by Crippen LogP contribution is -2.20. The van der Waals surface area contributed by atoms with E-state index in [1.165, 1.54) is 25.7 Å². The summed E-state index contributed by atoms with van der Waals surface area (Å²) in [5.74, 6) is 4.21. The molecule has 0 aliphatic heterocycles. The van der Waals surface area contributed by atoms with Gasteiger partial charge in [-0.1, -0.05) is 32.9 Å². The first-order chi connectivity index (χ1) is 9.61. The van der Waals surface area contributed by atoms with Crippen molar-refractivity contribution in [2.24, 2.45) is 11.8 Å². The Morgan fingerprint density at radius 1 is 1.20 bits per heavy atom. The zero-order chi connectivity index (χ0) is 14.5. The monoisotopic (exact) mass is 279 g/mol. The summed E-state index contributed by atoms with van der Waals surface area (Å²) in [7, 11) is 0. The Morgan fingerprint density at radius 2 is 1.90 bits per heavy atom. The van der Waals surface area contributed by atoms with Gasteiger partial charge in [0.05, 0.1) is 0 Å². The molecule has 4 nitrogen and oxygen atoms in total. The van der Waals surface area contributed by atoms with E-state index in [-0.39, 0.29) is 0 Å². The Hall–Kier alpha value is -0.900. The zero-order valence-electron chi connectivity index (χ0n) is 13.4. The summed E-state index contributed by atoms with van der Waals surface area (Å²) in [6, 6.07) is 0. The summed E-state index contributed by atoms with van der Waals surface area (Å²) >= 11 is 0. The van der Waals surface area contributed by atoms with Crippen molar-refractivity contribution in [1.29, 1.82) is 0 Å². The van der Waals surface area contributed by atoms with Crippen molar-refractivity contribution in [2.75, 3.05) is 13.1 Å². The molecule has 0 aromatic carbocycles. The average molecular weight is 279 g/mol. The predicted molar refractivity (Wildman–Crippen MR) is 80.8 cm³/mol. The second-order valence-corrected chi connectivity index (χ2v) is 6.56. The molecule has 1 unspecified atom stereocenters. The molecular formula is C16H29N3O. The third-order valence-corrected chi connectivity index (χ3v) is 4.66. The summed E-state index contributed by atoms with van der Waals surface area (Å²) in [5, 5.41) is 7.55. The van der Waals surface area contributed by atoms with Gasteiger partial charge in [0.2, 0.25) is 5.89 Å². The molecule has 0 radical (unpaired) electrons. The third-order valence-electron chi connectivity index (χ3n) is 4.66. The first-order valence-electron chi connectivity index (χ1n) is 8.16. The molecule has 0 saturated heterocycles. The predicted octanol–water partition coefficient (Wildman–Crippen LogP) is 3.71. The highest BCUT2D eigenvalue weighted by Gasteiger charge is 2.27. The van der Waals surface area contributed by atoms with Crippen LogP contribution in [0, 0.1) is 11.8 Å². The Bertz CT molecular complexity index is 394. The fraction of sp³-hybridized carbons (Fsp3) is 0.875. The maximum atomic E-state index is 5.45. The Kier molecular flexibility index (Phi) is 5.58. The topological polar surface area (TPSA) is 51.0 Å². The number of rotatable bonds is 6. The molecule has 0 spiro atoms. The molecule has 1 fully saturated rings. The normalized spacial score (nSPS) is 25.1. The van der Waals surface area contributed by atoms with Gasteiger partial charge < -0.3 is 9.84 Å². The van der Waals surface area contributed by atoms with E-state index in [0.717, 1.165) is 36.6 Å². The molecule has 2 rings (SSSR count). The number of hydrogen-bond donors (Lipinski definition) is 1. The molecule has 1 aliphatic carbocycles. The highest BCUT2D eigenvalue weighted by Crippen LogP contribution is 2.37. The fourth-order valence-corrected chi connectivity index (χ4v) is 3.11. The summed E-state index contributed by atoms with van der Waals surface area (Å²) in [6.45, 7) is 10.8. The van der Waals surface area contributed by atoms with Gasteiger partial charge in [-0.05, 0) is 44.1 Å². The van der Waals surface area contributed by atoms with E-state index in [9.17, 15) is 0 Å². The van der Waals surface area contributed by atoms with Crippen LogP contribution in [0.3, 0.4) is 0 Å². The van der Waals surface area contributed by atoms with Crippen molar-refractivity contribution in [3.05, 3.63) is 11.7 Å². The van der Waals surface area contributed by atoms with Crippen molar-refractivity contribution in [3.63, 3.8) is 0 Å². The minimum atomic E-state index is 0.295. The van der Waals surface area contributed by atoms with Crippen molar-refractivity contribution in [1.82, 2.24) is 15.5 Å². The lowest BCUT2D eigenvalue weighted by Gasteiger charge is -2.29. The molecule has 0 bridgehead atoms. The van der Waals surface area contributed by atoms with Crippen LogP contribution in [0.15, 0.2) is 4.52 Å². The summed E-state index contributed by atoms with van der Waals surface area (Å²) < 4.78 is 5.45. The van der Waals surface area contributed by atoms with E-state index in [1.54, 1.807) is 0 Å². The zero-order valence-corrected chi connectivity index (χ0v) is 13.4. The summed E-state index contributed by atoms with van der Waals surface area (Å²) in [5.41, 5.74) is 0. The smallest absolute Gasteiger partial charge is 0.230 e. The molecular weight excluding hydrogens is 250 g/mol. The van der Waals surface area contributed by atoms with Crippen molar-refractivity contribution >= 4 is 0 Å². The highest BCUT2D eigenvalue weighted by atomic mass is 16.5. The van der Waals surface area contributed by atoms with E-state index >= 15 is 0 Å². The van der Waals surface area contributed by atoms with Crippen LogP contribution in [0.1, 0.15) is 76.9 Å². The minimum Gasteiger partial charge on any atom is -0.339 e. The molecule has 1 heterocycles. The van der Waals surface area contributed by atoms with Gasteiger partial charge in [-0.2, -0.15) is 4.98 Å². The van der Waals surface area contributed by atoms with Crippen LogP contribution in [-0.2, 0) is 0 Å². The van der Waals surface area contributed by atoms with Crippen molar-refractivity contribution in [3.8, 4) is 0 Å². The fourth-order valence-electron chi connectivity index (χ4n) is 3.11. The molecule has 1 atom stereocenters. The summed E-state index contributed by atoms with van der Waals surface area (Å²) in [4.78, 5) is 4.64. The van der Waals surface area contributed by atoms with Gasteiger partial charge in [-0.25, -0.2) is 0 Å². The molecule has 20 heavy (non-hydrogen) atoms. The van der Waals surface area contributed by atoms with E-state index in [0.29, 0.717) is 11.8 Å². The molecule has 4 heteroatoms. The van der Waals surface area contributed by atoms with Crippen molar-refractivity contribution < 1.29 is 4.52 Å². The Labute approximate surface area is 122 Å². The van der Waals surface area contributed by atoms with Crippen LogP contribution in [0.5, 0.6) is 0 Å². The number of likely N-dealkylation sites (N-methyl/N-ethyl adjacent to an activating group) is 1. The van der Waals surface area contributed by atoms with Gasteiger partial charge in [-0.3, -0.25) is 0 Å². The van der Waals surface area contributed by atoms with Crippen LogP contribution in [0.25, 0.3) is 0 Å². The second kappa shape index (κ2) is 7.21. The van der Waals surface area contributed by atoms with Crippen LogP contribution in [-0.4, -0.2) is 23.2 Å². The van der Waals surface area contributed by atoms with Gasteiger partial charge in [-0.15, -0.1) is 0 Å². The number of nitrogens with one attached hydrogen (secondary N) is 1. The first-order valence-corrected chi connectivity index (χ1v) is 8.16. The number of aromatic nitrogens is 2. The average Bonchev–Trinajstić information content (AvgIpc) is 2.94. The van der Waals surface area contributed by atoms with Gasteiger partial charge in [0.15, 0.2) is 5.82 Å². The SMILES string of the molecule is CCNCC(C)c1nc(C2CCC(C(C)C)CC2)no1. The van der Waals surface area contributed by atoms with Gasteiger partial charge in [0.1, 0.15) is 0 Å². The van der Waals surface area contributed by atoms with Gasteiger partial charge >= 0.3 is 0 Å². The number of hydrogen-bond acceptors (Lipinski definition) is 4. The van der Waals surface area contributed by atoms with E-state index in [2.05, 4.69) is 43.2 Å². The molecule has 114 valence electrons. The maximum Gasteiger partial charge on any atom is 0.230 e. The van der Waals surface area contributed by atoms with E-state index in [4.69, 9.17) is 4.52 Å². The Morgan fingerprint density at radius 3 is 2.50 bits per heavy atom. The maximum absolute atomic E-state index is 5.45. The van der Waals surface area contributed by atoms with Gasteiger partial charge in [0, 0.05) is 18.4 Å². The molecule has 1 aliphatic rings. The van der Waals surface area contributed by atoms with Crippen LogP contribution >= 0.6 is 0 Å². The van der Waals surface area contributed by atoms with E-state index < -0.39 is 0 Å². The summed E-state index contributed by atoms with van der Waals surface area (Å²) in [6.07, 6.45) is 5.03. The van der Waals surface area contributed by atoms with E-state index in [1.807, 2.05) is 0 Å². The molecule has 1 aromatic rings. The van der Waals surface area contributed by atoms with Gasteiger partial charge in [0.25, 0.3) is 0 Å². The lowest BCUT2D eigenvalue weighted by atomic mass is 9.77. The largest absolute Gasteiger partial charge is 0.339 e. The van der Waals surface area contributed by atoms with Crippen LogP contribution in [0.2, 0.25) is 0 Å². The number of nitrogens with zero attached hydrogens (tertiary/aromatic N) is 2. The minimum absolute atomic E-state index is 0.295. The third kappa shape index (κ3) is 3.81. The quantitative estimate of drug-likeness (QED) is 0.862. The molecule has 0 amide bonds. The standard InChI is InChI=1S/C16H29N3O/c1-5-17-10-12(4)16-18-15(19-20-16)14-8-6-13(7-9-14)11(2)3/h11-14,17H,5-10H2,1-4H3. The second-order valence-electron chi connectivity index (χ2n) is 6.56. The first kappa shape index (κ1) is 15.5. The highest BCUT2D eigenvalue weighted by molar-refractivity contribution is 5.00. The Balaban J connectivity index is 1.89. The van der Waals surface area contributed by atoms with Crippen molar-refractivity contribution in [2.45, 2.75) is 65.2 Å². The molecule has 1 saturated carbocycles. The molecule has 1 aromatic heterocycles. The van der Waals surface area contributed by atoms with Crippen LogP contribution < -0.4 is 5.32 Å². The molecule has 1 N–H and O–H groups in total. The van der Waals surface area contributed by atoms with Crippen LogP contribution in [0.4, 0.5) is 0 Å².